The summed E-state index contributed by atoms with van der Waals surface area (Å²) in [4.78, 5) is 24.3. The number of rotatable bonds is 12. The Morgan fingerprint density at radius 3 is 2.39 bits per heavy atom. The minimum atomic E-state index is -0.394. The zero-order chi connectivity index (χ0) is 26.1. The van der Waals surface area contributed by atoms with Gasteiger partial charge in [-0.1, -0.05) is 43.8 Å². The molecule has 0 aliphatic rings. The monoisotopic (exact) mass is 508 g/mol. The smallest absolute Gasteiger partial charge is 0.338 e. The summed E-state index contributed by atoms with van der Waals surface area (Å²) in [6.07, 6.45) is 1.41. The van der Waals surface area contributed by atoms with Crippen LogP contribution in [0.1, 0.15) is 61.5 Å². The number of carbonyl (C=O) groups is 2. The van der Waals surface area contributed by atoms with Gasteiger partial charge in [-0.3, -0.25) is 9.36 Å². The SMILES string of the molecule is C=CCn1c(SCC(=O)Nc2ccc(C(=O)OCC)cc2)nnc1C(C)Oc1ccc(C(C)C)cc1. The van der Waals surface area contributed by atoms with Gasteiger partial charge in [0.25, 0.3) is 0 Å². The predicted molar refractivity (Wildman–Crippen MR) is 142 cm³/mol. The van der Waals surface area contributed by atoms with E-state index in [4.69, 9.17) is 9.47 Å². The summed E-state index contributed by atoms with van der Waals surface area (Å²) >= 11 is 1.28. The van der Waals surface area contributed by atoms with Gasteiger partial charge >= 0.3 is 5.97 Å². The lowest BCUT2D eigenvalue weighted by Crippen LogP contribution is -2.15. The van der Waals surface area contributed by atoms with Crippen molar-refractivity contribution in [3.8, 4) is 5.75 Å². The maximum absolute atomic E-state index is 12.5. The molecule has 1 atom stereocenters. The van der Waals surface area contributed by atoms with Gasteiger partial charge in [0.1, 0.15) is 5.75 Å². The normalized spacial score (nSPS) is 11.7. The number of thioether (sulfide) groups is 1. The molecule has 0 radical (unpaired) electrons. The van der Waals surface area contributed by atoms with E-state index < -0.39 is 5.97 Å². The number of aromatic nitrogens is 3. The number of carbonyl (C=O) groups excluding carboxylic acids is 2. The fraction of sp³-hybridized carbons (Fsp3) is 0.333. The number of benzene rings is 2. The lowest BCUT2D eigenvalue weighted by atomic mass is 10.0. The average Bonchev–Trinajstić information content (AvgIpc) is 3.26. The molecule has 3 aromatic rings. The molecule has 0 aliphatic carbocycles. The Hall–Kier alpha value is -3.59. The van der Waals surface area contributed by atoms with Crippen molar-refractivity contribution in [2.75, 3.05) is 17.7 Å². The van der Waals surface area contributed by atoms with E-state index in [0.29, 0.717) is 41.3 Å². The summed E-state index contributed by atoms with van der Waals surface area (Å²) in [5, 5.41) is 12.0. The number of nitrogens with zero attached hydrogens (tertiary/aromatic N) is 3. The molecule has 0 saturated carbocycles. The van der Waals surface area contributed by atoms with Crippen LogP contribution in [-0.4, -0.2) is 39.0 Å². The molecule has 190 valence electrons. The molecule has 1 unspecified atom stereocenters. The highest BCUT2D eigenvalue weighted by Crippen LogP contribution is 2.26. The minimum absolute atomic E-state index is 0.140. The molecule has 3 rings (SSSR count). The number of esters is 1. The number of anilines is 1. The van der Waals surface area contributed by atoms with Crippen molar-refractivity contribution in [1.82, 2.24) is 14.8 Å². The van der Waals surface area contributed by atoms with Crippen molar-refractivity contribution in [2.45, 2.75) is 51.4 Å². The van der Waals surface area contributed by atoms with Crippen LogP contribution in [0.15, 0.2) is 66.3 Å². The lowest BCUT2D eigenvalue weighted by Gasteiger charge is -2.16. The zero-order valence-electron chi connectivity index (χ0n) is 21.1. The standard InChI is InChI=1S/C27H32N4O4S/c1-6-16-31-25(19(5)35-23-14-10-20(11-15-23)18(3)4)29-30-27(31)36-17-24(32)28-22-12-8-21(9-13-22)26(33)34-7-2/h6,8-15,18-19H,1,7,16-17H2,2-5H3,(H,28,32). The fourth-order valence-electron chi connectivity index (χ4n) is 3.43. The summed E-state index contributed by atoms with van der Waals surface area (Å²) in [6, 6.07) is 14.6. The quantitative estimate of drug-likeness (QED) is 0.192. The van der Waals surface area contributed by atoms with Crippen LogP contribution >= 0.6 is 11.8 Å². The van der Waals surface area contributed by atoms with Gasteiger partial charge in [-0.25, -0.2) is 4.79 Å². The van der Waals surface area contributed by atoms with Crippen LogP contribution < -0.4 is 10.1 Å². The molecular formula is C27H32N4O4S. The highest BCUT2D eigenvalue weighted by atomic mass is 32.2. The number of amides is 1. The molecule has 1 N–H and O–H groups in total. The summed E-state index contributed by atoms with van der Waals surface area (Å²) in [5.74, 6) is 1.40. The fourth-order valence-corrected chi connectivity index (χ4v) is 4.18. The third-order valence-corrected chi connectivity index (χ3v) is 6.26. The summed E-state index contributed by atoms with van der Waals surface area (Å²) in [6.45, 7) is 12.6. The lowest BCUT2D eigenvalue weighted by molar-refractivity contribution is -0.113. The highest BCUT2D eigenvalue weighted by molar-refractivity contribution is 7.99. The van der Waals surface area contributed by atoms with Gasteiger partial charge in [-0.15, -0.1) is 16.8 Å². The second-order valence-corrected chi connectivity index (χ2v) is 9.30. The first-order valence-electron chi connectivity index (χ1n) is 11.8. The molecular weight excluding hydrogens is 476 g/mol. The van der Waals surface area contributed by atoms with Gasteiger partial charge < -0.3 is 14.8 Å². The van der Waals surface area contributed by atoms with Crippen molar-refractivity contribution in [2.24, 2.45) is 0 Å². The van der Waals surface area contributed by atoms with E-state index in [2.05, 4.69) is 48.1 Å². The summed E-state index contributed by atoms with van der Waals surface area (Å²) in [5.41, 5.74) is 2.27. The molecule has 2 aromatic carbocycles. The summed E-state index contributed by atoms with van der Waals surface area (Å²) < 4.78 is 13.0. The average molecular weight is 509 g/mol. The molecule has 9 heteroatoms. The maximum Gasteiger partial charge on any atom is 0.338 e. The second kappa shape index (κ2) is 12.9. The van der Waals surface area contributed by atoms with E-state index in [-0.39, 0.29) is 17.8 Å². The largest absolute Gasteiger partial charge is 0.483 e. The van der Waals surface area contributed by atoms with E-state index in [0.717, 1.165) is 5.75 Å². The van der Waals surface area contributed by atoms with E-state index in [1.807, 2.05) is 23.6 Å². The number of ether oxygens (including phenoxy) is 2. The molecule has 0 aliphatic heterocycles. The van der Waals surface area contributed by atoms with Gasteiger partial charge in [0, 0.05) is 12.2 Å². The number of hydrogen-bond donors (Lipinski definition) is 1. The van der Waals surface area contributed by atoms with E-state index >= 15 is 0 Å². The molecule has 0 saturated heterocycles. The van der Waals surface area contributed by atoms with Crippen LogP contribution in [0.25, 0.3) is 0 Å². The van der Waals surface area contributed by atoms with Crippen LogP contribution in [0.3, 0.4) is 0 Å². The van der Waals surface area contributed by atoms with E-state index in [9.17, 15) is 9.59 Å². The molecule has 8 nitrogen and oxygen atoms in total. The van der Waals surface area contributed by atoms with Gasteiger partial charge in [0.2, 0.25) is 5.91 Å². The van der Waals surface area contributed by atoms with Crippen LogP contribution in [0.2, 0.25) is 0 Å². The van der Waals surface area contributed by atoms with Crippen molar-refractivity contribution in [1.29, 1.82) is 0 Å². The van der Waals surface area contributed by atoms with Crippen LogP contribution in [0, 0.1) is 0 Å². The van der Waals surface area contributed by atoms with Crippen molar-refractivity contribution >= 4 is 29.3 Å². The van der Waals surface area contributed by atoms with Crippen LogP contribution in [0.5, 0.6) is 5.75 Å². The van der Waals surface area contributed by atoms with Crippen molar-refractivity contribution in [3.05, 3.63) is 78.1 Å². The van der Waals surface area contributed by atoms with E-state index in [1.165, 1.54) is 17.3 Å². The highest BCUT2D eigenvalue weighted by Gasteiger charge is 2.20. The Morgan fingerprint density at radius 1 is 1.08 bits per heavy atom. The van der Waals surface area contributed by atoms with Crippen LogP contribution in [-0.2, 0) is 16.1 Å². The molecule has 0 bridgehead atoms. The topological polar surface area (TPSA) is 95.3 Å². The van der Waals surface area contributed by atoms with E-state index in [1.54, 1.807) is 37.3 Å². The third kappa shape index (κ3) is 7.21. The number of hydrogen-bond acceptors (Lipinski definition) is 7. The third-order valence-electron chi connectivity index (χ3n) is 5.29. The number of nitrogens with one attached hydrogen (secondary N) is 1. The maximum atomic E-state index is 12.5. The molecule has 36 heavy (non-hydrogen) atoms. The molecule has 0 spiro atoms. The Bertz CT molecular complexity index is 1170. The number of allylic oxidation sites excluding steroid dienone is 1. The Morgan fingerprint density at radius 2 is 1.78 bits per heavy atom. The van der Waals surface area contributed by atoms with Crippen molar-refractivity contribution < 1.29 is 19.1 Å². The minimum Gasteiger partial charge on any atom is -0.483 e. The Labute approximate surface area is 216 Å². The summed E-state index contributed by atoms with van der Waals surface area (Å²) in [7, 11) is 0. The molecule has 1 heterocycles. The van der Waals surface area contributed by atoms with Gasteiger partial charge in [0.05, 0.1) is 17.9 Å². The first kappa shape index (κ1) is 27.0. The van der Waals surface area contributed by atoms with Gasteiger partial charge in [-0.05, 0) is 61.7 Å². The molecule has 0 fully saturated rings. The first-order chi connectivity index (χ1) is 17.3. The molecule has 1 amide bonds. The first-order valence-corrected chi connectivity index (χ1v) is 12.8. The molecule has 1 aromatic heterocycles. The van der Waals surface area contributed by atoms with Crippen LogP contribution in [0.4, 0.5) is 5.69 Å². The van der Waals surface area contributed by atoms with Crippen molar-refractivity contribution in [3.63, 3.8) is 0 Å². The van der Waals surface area contributed by atoms with Gasteiger partial charge in [0.15, 0.2) is 17.1 Å². The second-order valence-electron chi connectivity index (χ2n) is 8.36. The zero-order valence-corrected chi connectivity index (χ0v) is 21.9. The van der Waals surface area contributed by atoms with Gasteiger partial charge in [-0.2, -0.15) is 0 Å². The Balaban J connectivity index is 1.61. The Kier molecular flexibility index (Phi) is 9.69. The predicted octanol–water partition coefficient (Wildman–Crippen LogP) is 5.64.